The predicted octanol–water partition coefficient (Wildman–Crippen LogP) is 2.28. The smallest absolute Gasteiger partial charge is 0.126 e. The van der Waals surface area contributed by atoms with Gasteiger partial charge >= 0.3 is 0 Å². The summed E-state index contributed by atoms with van der Waals surface area (Å²) in [4.78, 5) is 0. The zero-order valence-electron chi connectivity index (χ0n) is 6.10. The van der Waals surface area contributed by atoms with Crippen LogP contribution in [0, 0.1) is 11.9 Å². The number of fused-ring (bicyclic) bond motifs is 1. The summed E-state index contributed by atoms with van der Waals surface area (Å²) in [5, 5.41) is 0. The summed E-state index contributed by atoms with van der Waals surface area (Å²) in [6.45, 7) is 0. The van der Waals surface area contributed by atoms with Gasteiger partial charge in [0.15, 0.2) is 0 Å². The van der Waals surface area contributed by atoms with Crippen LogP contribution in [0.2, 0.25) is 0 Å². The van der Waals surface area contributed by atoms with Gasteiger partial charge in [-0.05, 0) is 36.1 Å². The molecule has 0 atom stereocenters. The van der Waals surface area contributed by atoms with E-state index in [4.69, 9.17) is 0 Å². The maximum absolute atomic E-state index is 13.0. The molecule has 0 nitrogen and oxygen atoms in total. The van der Waals surface area contributed by atoms with Crippen LogP contribution in [0.5, 0.6) is 0 Å². The molecule has 0 unspecified atom stereocenters. The molecular formula is C10H8F. The second-order valence-corrected chi connectivity index (χ2v) is 2.67. The van der Waals surface area contributed by atoms with Crippen LogP contribution < -0.4 is 0 Å². The third kappa shape index (κ3) is 1.07. The molecule has 1 heteroatoms. The van der Waals surface area contributed by atoms with E-state index >= 15 is 0 Å². The van der Waals surface area contributed by atoms with Crippen molar-refractivity contribution in [3.05, 3.63) is 47.3 Å². The van der Waals surface area contributed by atoms with Gasteiger partial charge in [-0.3, -0.25) is 0 Å². The highest BCUT2D eigenvalue weighted by molar-refractivity contribution is 5.33. The number of hydrogen-bond donors (Lipinski definition) is 0. The summed E-state index contributed by atoms with van der Waals surface area (Å²) < 4.78 is 13.0. The summed E-state index contributed by atoms with van der Waals surface area (Å²) in [6.07, 6.45) is 6.42. The number of hydrogen-bond acceptors (Lipinski definition) is 0. The third-order valence-electron chi connectivity index (χ3n) is 1.96. The molecule has 0 amide bonds. The molecule has 1 aliphatic rings. The Labute approximate surface area is 65.4 Å². The summed E-state index contributed by atoms with van der Waals surface area (Å²) in [7, 11) is 0. The Morgan fingerprint density at radius 3 is 3.09 bits per heavy atom. The van der Waals surface area contributed by atoms with Crippen molar-refractivity contribution in [2.45, 2.75) is 12.8 Å². The molecule has 0 N–H and O–H groups in total. The molecule has 2 rings (SSSR count). The molecule has 0 saturated carbocycles. The first-order chi connectivity index (χ1) is 5.38. The topological polar surface area (TPSA) is 0 Å². The lowest BCUT2D eigenvalue weighted by molar-refractivity contribution is 0.610. The van der Waals surface area contributed by atoms with E-state index in [1.165, 1.54) is 6.07 Å². The van der Waals surface area contributed by atoms with Gasteiger partial charge in [-0.15, -0.1) is 0 Å². The van der Waals surface area contributed by atoms with E-state index < -0.39 is 0 Å². The molecule has 1 radical (unpaired) electrons. The largest absolute Gasteiger partial charge is 0.207 e. The van der Waals surface area contributed by atoms with E-state index in [9.17, 15) is 4.39 Å². The van der Waals surface area contributed by atoms with E-state index in [2.05, 4.69) is 6.08 Å². The predicted molar refractivity (Wildman–Crippen MR) is 41.6 cm³/mol. The van der Waals surface area contributed by atoms with Gasteiger partial charge in [-0.25, -0.2) is 4.39 Å². The lowest BCUT2D eigenvalue weighted by atomic mass is 9.97. The lowest BCUT2D eigenvalue weighted by Gasteiger charge is -2.09. The molecule has 0 spiro atoms. The summed E-state index contributed by atoms with van der Waals surface area (Å²) in [6, 6.07) is 5.22. The molecular weight excluding hydrogens is 139 g/mol. The Bertz CT molecular complexity index is 300. The molecule has 1 aromatic carbocycles. The van der Waals surface area contributed by atoms with Gasteiger partial charge in [0.2, 0.25) is 0 Å². The van der Waals surface area contributed by atoms with E-state index in [0.29, 0.717) is 6.42 Å². The van der Waals surface area contributed by atoms with Crippen molar-refractivity contribution in [3.63, 3.8) is 0 Å². The lowest BCUT2D eigenvalue weighted by Crippen LogP contribution is -2.00. The summed E-state index contributed by atoms with van der Waals surface area (Å²) in [5.41, 5.74) is 1.92. The zero-order valence-corrected chi connectivity index (χ0v) is 6.10. The third-order valence-corrected chi connectivity index (χ3v) is 1.96. The second-order valence-electron chi connectivity index (χ2n) is 2.67. The Kier molecular flexibility index (Phi) is 1.50. The van der Waals surface area contributed by atoms with E-state index in [1.54, 1.807) is 6.07 Å². The molecule has 0 heterocycles. The normalized spacial score (nSPS) is 14.6. The van der Waals surface area contributed by atoms with Gasteiger partial charge in [0, 0.05) is 0 Å². The van der Waals surface area contributed by atoms with Gasteiger partial charge in [0.25, 0.3) is 0 Å². The van der Waals surface area contributed by atoms with Crippen molar-refractivity contribution in [1.29, 1.82) is 0 Å². The van der Waals surface area contributed by atoms with Crippen LogP contribution in [-0.4, -0.2) is 0 Å². The van der Waals surface area contributed by atoms with Crippen LogP contribution in [-0.2, 0) is 12.8 Å². The van der Waals surface area contributed by atoms with Crippen molar-refractivity contribution in [2.24, 2.45) is 0 Å². The molecule has 1 aliphatic carbocycles. The fourth-order valence-corrected chi connectivity index (χ4v) is 1.35. The standard InChI is InChI=1S/C10H8F/c11-10-7-3-5-8-4-1-2-6-9(8)10/h2-3,5,7H,4,6H2. The molecule has 1 aromatic rings. The first-order valence-electron chi connectivity index (χ1n) is 3.69. The minimum absolute atomic E-state index is 0.0831. The molecule has 0 aromatic heterocycles. The van der Waals surface area contributed by atoms with E-state index in [-0.39, 0.29) is 5.82 Å². The van der Waals surface area contributed by atoms with Crippen LogP contribution in [0.25, 0.3) is 0 Å². The molecule has 0 bridgehead atoms. The highest BCUT2D eigenvalue weighted by atomic mass is 19.1. The maximum Gasteiger partial charge on any atom is 0.126 e. The Morgan fingerprint density at radius 2 is 2.27 bits per heavy atom. The highest BCUT2D eigenvalue weighted by Crippen LogP contribution is 2.18. The van der Waals surface area contributed by atoms with Crippen LogP contribution in [0.15, 0.2) is 24.3 Å². The maximum atomic E-state index is 13.0. The highest BCUT2D eigenvalue weighted by Gasteiger charge is 2.08. The number of benzene rings is 1. The van der Waals surface area contributed by atoms with Crippen LogP contribution in [0.4, 0.5) is 4.39 Å². The average Bonchev–Trinajstić information content (AvgIpc) is 2.06. The Balaban J connectivity index is 2.54. The van der Waals surface area contributed by atoms with Gasteiger partial charge in [0.05, 0.1) is 0 Å². The van der Waals surface area contributed by atoms with Gasteiger partial charge in [0.1, 0.15) is 5.82 Å². The van der Waals surface area contributed by atoms with Crippen molar-refractivity contribution in [1.82, 2.24) is 0 Å². The minimum Gasteiger partial charge on any atom is -0.207 e. The zero-order chi connectivity index (χ0) is 7.68. The van der Waals surface area contributed by atoms with Gasteiger partial charge in [-0.1, -0.05) is 18.2 Å². The minimum atomic E-state index is -0.0831. The second kappa shape index (κ2) is 2.50. The van der Waals surface area contributed by atoms with Crippen molar-refractivity contribution in [3.8, 4) is 0 Å². The average molecular weight is 147 g/mol. The fourth-order valence-electron chi connectivity index (χ4n) is 1.35. The van der Waals surface area contributed by atoms with E-state index in [0.717, 1.165) is 17.5 Å². The first-order valence-corrected chi connectivity index (χ1v) is 3.69. The van der Waals surface area contributed by atoms with Crippen LogP contribution >= 0.6 is 0 Å². The number of allylic oxidation sites excluding steroid dienone is 2. The quantitative estimate of drug-likeness (QED) is 0.528. The van der Waals surface area contributed by atoms with Crippen molar-refractivity contribution >= 4 is 0 Å². The molecule has 0 fully saturated rings. The number of halogens is 1. The van der Waals surface area contributed by atoms with Crippen molar-refractivity contribution in [2.75, 3.05) is 0 Å². The van der Waals surface area contributed by atoms with Crippen LogP contribution in [0.1, 0.15) is 11.1 Å². The Hall–Kier alpha value is -1.11. The SMILES string of the molecule is Fc1cccc2c1CC=[C]C2. The monoisotopic (exact) mass is 147 g/mol. The van der Waals surface area contributed by atoms with Gasteiger partial charge < -0.3 is 0 Å². The molecule has 0 aliphatic heterocycles. The molecule has 0 saturated heterocycles. The number of rotatable bonds is 0. The van der Waals surface area contributed by atoms with Crippen molar-refractivity contribution < 1.29 is 4.39 Å². The fraction of sp³-hybridized carbons (Fsp3) is 0.200. The van der Waals surface area contributed by atoms with Crippen LogP contribution in [0.3, 0.4) is 0 Å². The first kappa shape index (κ1) is 6.59. The Morgan fingerprint density at radius 1 is 1.36 bits per heavy atom. The molecule has 55 valence electrons. The van der Waals surface area contributed by atoms with Gasteiger partial charge in [-0.2, -0.15) is 0 Å². The summed E-state index contributed by atoms with van der Waals surface area (Å²) >= 11 is 0. The van der Waals surface area contributed by atoms with E-state index in [1.807, 2.05) is 12.1 Å². The summed E-state index contributed by atoms with van der Waals surface area (Å²) in [5.74, 6) is -0.0831. The molecule has 11 heavy (non-hydrogen) atoms.